The summed E-state index contributed by atoms with van der Waals surface area (Å²) in [6, 6.07) is 0.368. The molecule has 2 atom stereocenters. The van der Waals surface area contributed by atoms with Crippen molar-refractivity contribution in [2.24, 2.45) is 0 Å². The van der Waals surface area contributed by atoms with Crippen molar-refractivity contribution in [3.8, 4) is 0 Å². The number of aryl methyl sites for hydroxylation is 1. The molecular weight excluding hydrogens is 322 g/mol. The predicted molar refractivity (Wildman–Crippen MR) is 88.8 cm³/mol. The molecule has 0 radical (unpaired) electrons. The van der Waals surface area contributed by atoms with Gasteiger partial charge in [0.1, 0.15) is 0 Å². The van der Waals surface area contributed by atoms with Crippen molar-refractivity contribution in [2.75, 3.05) is 12.3 Å². The number of hydrogen-bond donors (Lipinski definition) is 1. The van der Waals surface area contributed by atoms with Gasteiger partial charge in [-0.15, -0.1) is 0 Å². The molecule has 1 heterocycles. The standard InChI is InChI=1S/C14H26BrN3S/c1-5-8-18-14(12(15)9-17-18)13(16-7-3)10-19-11(4)6-2/h9,11,13,16H,5-8,10H2,1-4H3. The summed E-state index contributed by atoms with van der Waals surface area (Å²) < 4.78 is 3.26. The highest BCUT2D eigenvalue weighted by Gasteiger charge is 2.19. The molecule has 0 saturated carbocycles. The fraction of sp³-hybridized carbons (Fsp3) is 0.786. The Hall–Kier alpha value is -0.0000000000000000763. The second-order valence-electron chi connectivity index (χ2n) is 4.76. The predicted octanol–water partition coefficient (Wildman–Crippen LogP) is 4.24. The third-order valence-corrected chi connectivity index (χ3v) is 5.21. The second kappa shape index (κ2) is 9.03. The monoisotopic (exact) mass is 347 g/mol. The van der Waals surface area contributed by atoms with Crippen molar-refractivity contribution in [3.05, 3.63) is 16.4 Å². The van der Waals surface area contributed by atoms with Gasteiger partial charge in [-0.05, 0) is 35.3 Å². The number of thioether (sulfide) groups is 1. The van der Waals surface area contributed by atoms with E-state index >= 15 is 0 Å². The maximum atomic E-state index is 4.48. The number of aromatic nitrogens is 2. The highest BCUT2D eigenvalue weighted by molar-refractivity contribution is 9.10. The molecule has 0 fully saturated rings. The van der Waals surface area contributed by atoms with Crippen molar-refractivity contribution < 1.29 is 0 Å². The molecule has 0 spiro atoms. The Morgan fingerprint density at radius 3 is 2.74 bits per heavy atom. The molecule has 110 valence electrons. The van der Waals surface area contributed by atoms with Gasteiger partial charge < -0.3 is 5.32 Å². The third kappa shape index (κ3) is 5.12. The zero-order valence-corrected chi connectivity index (χ0v) is 14.9. The van der Waals surface area contributed by atoms with E-state index in [-0.39, 0.29) is 0 Å². The lowest BCUT2D eigenvalue weighted by atomic mass is 10.2. The van der Waals surface area contributed by atoms with Gasteiger partial charge in [0.05, 0.1) is 22.4 Å². The molecule has 1 aromatic heterocycles. The van der Waals surface area contributed by atoms with Crippen molar-refractivity contribution in [3.63, 3.8) is 0 Å². The van der Waals surface area contributed by atoms with Crippen LogP contribution in [0.2, 0.25) is 0 Å². The lowest BCUT2D eigenvalue weighted by Gasteiger charge is -2.21. The van der Waals surface area contributed by atoms with E-state index in [4.69, 9.17) is 0 Å². The quantitative estimate of drug-likeness (QED) is 0.724. The van der Waals surface area contributed by atoms with Crippen LogP contribution in [-0.2, 0) is 6.54 Å². The number of rotatable bonds is 9. The van der Waals surface area contributed by atoms with E-state index in [0.717, 1.165) is 29.7 Å². The summed E-state index contributed by atoms with van der Waals surface area (Å²) in [5.41, 5.74) is 1.29. The van der Waals surface area contributed by atoms with Crippen molar-refractivity contribution in [1.29, 1.82) is 0 Å². The first-order valence-electron chi connectivity index (χ1n) is 7.20. The molecule has 3 nitrogen and oxygen atoms in total. The third-order valence-electron chi connectivity index (χ3n) is 3.17. The zero-order valence-electron chi connectivity index (χ0n) is 12.4. The second-order valence-corrected chi connectivity index (χ2v) is 7.09. The van der Waals surface area contributed by atoms with E-state index < -0.39 is 0 Å². The summed E-state index contributed by atoms with van der Waals surface area (Å²) in [7, 11) is 0. The van der Waals surface area contributed by atoms with Crippen LogP contribution in [-0.4, -0.2) is 27.3 Å². The van der Waals surface area contributed by atoms with Crippen molar-refractivity contribution in [1.82, 2.24) is 15.1 Å². The molecule has 1 rings (SSSR count). The van der Waals surface area contributed by atoms with Crippen LogP contribution in [0.4, 0.5) is 0 Å². The lowest BCUT2D eigenvalue weighted by Crippen LogP contribution is -2.27. The Morgan fingerprint density at radius 1 is 1.42 bits per heavy atom. The Morgan fingerprint density at radius 2 is 2.16 bits per heavy atom. The smallest absolute Gasteiger partial charge is 0.0704 e. The van der Waals surface area contributed by atoms with Gasteiger partial charge >= 0.3 is 0 Å². The summed E-state index contributed by atoms with van der Waals surface area (Å²) in [4.78, 5) is 0. The fourth-order valence-electron chi connectivity index (χ4n) is 1.97. The Labute approximate surface area is 130 Å². The van der Waals surface area contributed by atoms with Crippen LogP contribution >= 0.6 is 27.7 Å². The molecule has 0 aliphatic rings. The number of hydrogen-bond acceptors (Lipinski definition) is 3. The Balaban J connectivity index is 2.82. The molecule has 19 heavy (non-hydrogen) atoms. The van der Waals surface area contributed by atoms with Crippen LogP contribution in [0.3, 0.4) is 0 Å². The molecule has 0 aliphatic carbocycles. The van der Waals surface area contributed by atoms with Gasteiger partial charge in [-0.1, -0.05) is 27.7 Å². The average Bonchev–Trinajstić information content (AvgIpc) is 2.76. The summed E-state index contributed by atoms with van der Waals surface area (Å²) in [5.74, 6) is 1.09. The van der Waals surface area contributed by atoms with Crippen LogP contribution in [0, 0.1) is 0 Å². The van der Waals surface area contributed by atoms with Gasteiger partial charge in [0.25, 0.3) is 0 Å². The minimum atomic E-state index is 0.368. The molecule has 5 heteroatoms. The maximum Gasteiger partial charge on any atom is 0.0704 e. The van der Waals surface area contributed by atoms with Crippen LogP contribution in [0.1, 0.15) is 52.3 Å². The molecule has 0 saturated heterocycles. The van der Waals surface area contributed by atoms with Gasteiger partial charge in [0.2, 0.25) is 0 Å². The molecule has 1 N–H and O–H groups in total. The minimum Gasteiger partial charge on any atom is -0.308 e. The topological polar surface area (TPSA) is 29.9 Å². The number of nitrogens with one attached hydrogen (secondary N) is 1. The van der Waals surface area contributed by atoms with Crippen LogP contribution in [0.5, 0.6) is 0 Å². The first-order chi connectivity index (χ1) is 9.13. The van der Waals surface area contributed by atoms with Crippen LogP contribution < -0.4 is 5.32 Å². The minimum absolute atomic E-state index is 0.368. The normalized spacial score (nSPS) is 14.6. The van der Waals surface area contributed by atoms with E-state index in [1.807, 2.05) is 18.0 Å². The molecule has 0 bridgehead atoms. The summed E-state index contributed by atoms with van der Waals surface area (Å²) in [6.45, 7) is 10.9. The van der Waals surface area contributed by atoms with Gasteiger partial charge in [-0.3, -0.25) is 4.68 Å². The van der Waals surface area contributed by atoms with Crippen LogP contribution in [0.25, 0.3) is 0 Å². The molecule has 0 amide bonds. The van der Waals surface area contributed by atoms with E-state index in [9.17, 15) is 0 Å². The van der Waals surface area contributed by atoms with Gasteiger partial charge in [0, 0.05) is 17.5 Å². The van der Waals surface area contributed by atoms with Gasteiger partial charge in [-0.2, -0.15) is 16.9 Å². The van der Waals surface area contributed by atoms with E-state index in [2.05, 4.69) is 58.7 Å². The van der Waals surface area contributed by atoms with Gasteiger partial charge in [0.15, 0.2) is 0 Å². The average molecular weight is 348 g/mol. The molecular formula is C14H26BrN3S. The number of halogens is 1. The highest BCUT2D eigenvalue weighted by atomic mass is 79.9. The SMILES string of the molecule is CCCn1ncc(Br)c1C(CSC(C)CC)NCC. The maximum absolute atomic E-state index is 4.48. The summed E-state index contributed by atoms with van der Waals surface area (Å²) in [5, 5.41) is 8.78. The van der Waals surface area contributed by atoms with Crippen molar-refractivity contribution >= 4 is 27.7 Å². The molecule has 1 aromatic rings. The fourth-order valence-corrected chi connectivity index (χ4v) is 3.57. The van der Waals surface area contributed by atoms with Crippen LogP contribution in [0.15, 0.2) is 10.7 Å². The Bertz CT molecular complexity index is 368. The first-order valence-corrected chi connectivity index (χ1v) is 9.04. The summed E-state index contributed by atoms with van der Waals surface area (Å²) >= 11 is 5.68. The highest BCUT2D eigenvalue weighted by Crippen LogP contribution is 2.28. The van der Waals surface area contributed by atoms with E-state index in [1.54, 1.807) is 0 Å². The van der Waals surface area contributed by atoms with E-state index in [0.29, 0.717) is 11.3 Å². The lowest BCUT2D eigenvalue weighted by molar-refractivity contribution is 0.506. The molecule has 0 aliphatic heterocycles. The van der Waals surface area contributed by atoms with Gasteiger partial charge in [-0.25, -0.2) is 0 Å². The number of nitrogens with zero attached hydrogens (tertiary/aromatic N) is 2. The Kier molecular flexibility index (Phi) is 8.11. The molecule has 2 unspecified atom stereocenters. The largest absolute Gasteiger partial charge is 0.308 e. The molecule has 0 aromatic carbocycles. The van der Waals surface area contributed by atoms with E-state index in [1.165, 1.54) is 12.1 Å². The summed E-state index contributed by atoms with van der Waals surface area (Å²) in [6.07, 6.45) is 4.25. The first kappa shape index (κ1) is 17.1. The zero-order chi connectivity index (χ0) is 14.3. The van der Waals surface area contributed by atoms with Crippen molar-refractivity contribution in [2.45, 2.75) is 58.4 Å².